The summed E-state index contributed by atoms with van der Waals surface area (Å²) in [5.74, 6) is 0.476. The minimum Gasteiger partial charge on any atom is -0.487 e. The van der Waals surface area contributed by atoms with Gasteiger partial charge in [0, 0.05) is 17.7 Å². The lowest BCUT2D eigenvalue weighted by Gasteiger charge is -2.38. The van der Waals surface area contributed by atoms with Crippen LogP contribution >= 0.6 is 34.5 Å². The first-order valence-corrected chi connectivity index (χ1v) is 8.66. The second kappa shape index (κ2) is 5.89. The largest absolute Gasteiger partial charge is 0.487 e. The van der Waals surface area contributed by atoms with Gasteiger partial charge in [-0.25, -0.2) is 0 Å². The van der Waals surface area contributed by atoms with Crippen LogP contribution in [-0.4, -0.2) is 11.5 Å². The molecular weight excluding hydrogens is 355 g/mol. The quantitative estimate of drug-likeness (QED) is 0.754. The van der Waals surface area contributed by atoms with Crippen molar-refractivity contribution in [1.82, 2.24) is 5.32 Å². The van der Waals surface area contributed by atoms with Gasteiger partial charge in [-0.2, -0.15) is 0 Å². The van der Waals surface area contributed by atoms with Crippen molar-refractivity contribution in [2.45, 2.75) is 31.9 Å². The number of thiophene rings is 1. The lowest BCUT2D eigenvalue weighted by atomic mass is 9.89. The molecule has 0 bridgehead atoms. The summed E-state index contributed by atoms with van der Waals surface area (Å²) in [5.41, 5.74) is 7.37. The zero-order chi connectivity index (χ0) is 16.8. The number of amides is 1. The average molecular weight is 371 g/mol. The molecule has 1 atom stereocenters. The molecule has 0 radical (unpaired) electrons. The van der Waals surface area contributed by atoms with Crippen molar-refractivity contribution in [3.63, 3.8) is 0 Å². The van der Waals surface area contributed by atoms with E-state index >= 15 is 0 Å². The molecule has 0 fully saturated rings. The van der Waals surface area contributed by atoms with Crippen molar-refractivity contribution in [2.24, 2.45) is 0 Å². The SMILES string of the molecule is CC1(C)CC(NC(=O)c2cc(Cl)sc2Cl)c2cc(N)ccc2O1. The summed E-state index contributed by atoms with van der Waals surface area (Å²) in [6.07, 6.45) is 0.630. The summed E-state index contributed by atoms with van der Waals surface area (Å²) in [4.78, 5) is 12.5. The monoisotopic (exact) mass is 370 g/mol. The number of nitrogens with one attached hydrogen (secondary N) is 1. The second-order valence-corrected chi connectivity index (χ2v) is 8.41. The molecule has 4 nitrogen and oxygen atoms in total. The number of carbonyl (C=O) groups is 1. The van der Waals surface area contributed by atoms with E-state index in [1.54, 1.807) is 12.1 Å². The van der Waals surface area contributed by atoms with Crippen LogP contribution in [0.4, 0.5) is 5.69 Å². The number of rotatable bonds is 2. The Labute approximate surface area is 148 Å². The van der Waals surface area contributed by atoms with Crippen LogP contribution < -0.4 is 15.8 Å². The van der Waals surface area contributed by atoms with Crippen LogP contribution in [-0.2, 0) is 0 Å². The van der Waals surface area contributed by atoms with Gasteiger partial charge in [0.2, 0.25) is 0 Å². The molecule has 2 heterocycles. The van der Waals surface area contributed by atoms with E-state index in [1.165, 1.54) is 11.3 Å². The number of carbonyl (C=O) groups excluding carboxylic acids is 1. The van der Waals surface area contributed by atoms with Crippen LogP contribution in [0, 0.1) is 0 Å². The Morgan fingerprint density at radius 3 is 2.78 bits per heavy atom. The molecule has 0 spiro atoms. The molecule has 0 aliphatic carbocycles. The molecular formula is C16H16Cl2N2O2S. The zero-order valence-electron chi connectivity index (χ0n) is 12.7. The first-order chi connectivity index (χ1) is 10.7. The summed E-state index contributed by atoms with van der Waals surface area (Å²) in [5, 5.41) is 3.02. The van der Waals surface area contributed by atoms with Gasteiger partial charge in [-0.15, -0.1) is 11.3 Å². The number of hydrogen-bond donors (Lipinski definition) is 2. The molecule has 3 rings (SSSR count). The Balaban J connectivity index is 1.92. The highest BCUT2D eigenvalue weighted by molar-refractivity contribution is 7.20. The summed E-state index contributed by atoms with van der Waals surface area (Å²) in [7, 11) is 0. The Morgan fingerprint density at radius 1 is 1.39 bits per heavy atom. The zero-order valence-corrected chi connectivity index (χ0v) is 15.0. The average Bonchev–Trinajstić information content (AvgIpc) is 2.78. The van der Waals surface area contributed by atoms with E-state index in [9.17, 15) is 4.79 Å². The minimum absolute atomic E-state index is 0.209. The van der Waals surface area contributed by atoms with Gasteiger partial charge in [-0.3, -0.25) is 4.79 Å². The molecule has 1 aliphatic heterocycles. The van der Waals surface area contributed by atoms with Gasteiger partial charge in [-0.1, -0.05) is 23.2 Å². The lowest BCUT2D eigenvalue weighted by Crippen LogP contribution is -2.41. The molecule has 3 N–H and O–H groups in total. The van der Waals surface area contributed by atoms with Crippen LogP contribution in [0.1, 0.15) is 42.2 Å². The fourth-order valence-corrected chi connectivity index (χ4v) is 4.19. The number of benzene rings is 1. The molecule has 1 amide bonds. The minimum atomic E-state index is -0.392. The highest BCUT2D eigenvalue weighted by Crippen LogP contribution is 2.41. The van der Waals surface area contributed by atoms with Gasteiger partial charge in [0.05, 0.1) is 15.9 Å². The van der Waals surface area contributed by atoms with Gasteiger partial charge in [0.1, 0.15) is 15.7 Å². The molecule has 0 saturated heterocycles. The van der Waals surface area contributed by atoms with Gasteiger partial charge >= 0.3 is 0 Å². The van der Waals surface area contributed by atoms with E-state index in [2.05, 4.69) is 5.32 Å². The predicted molar refractivity (Wildman–Crippen MR) is 94.7 cm³/mol. The molecule has 2 aromatic rings. The molecule has 1 aromatic heterocycles. The lowest BCUT2D eigenvalue weighted by molar-refractivity contribution is 0.0620. The summed E-state index contributed by atoms with van der Waals surface area (Å²) in [6.45, 7) is 3.97. The fourth-order valence-electron chi connectivity index (χ4n) is 2.73. The van der Waals surface area contributed by atoms with E-state index in [4.69, 9.17) is 33.7 Å². The number of fused-ring (bicyclic) bond motifs is 1. The highest BCUT2D eigenvalue weighted by atomic mass is 35.5. The smallest absolute Gasteiger partial charge is 0.254 e. The van der Waals surface area contributed by atoms with Gasteiger partial charge < -0.3 is 15.8 Å². The summed E-state index contributed by atoms with van der Waals surface area (Å²) < 4.78 is 6.83. The number of anilines is 1. The Morgan fingerprint density at radius 2 is 2.13 bits per heavy atom. The van der Waals surface area contributed by atoms with Crippen molar-refractivity contribution in [1.29, 1.82) is 0 Å². The Hall–Kier alpha value is -1.43. The maximum Gasteiger partial charge on any atom is 0.254 e. The van der Waals surface area contributed by atoms with Gasteiger partial charge in [-0.05, 0) is 38.1 Å². The van der Waals surface area contributed by atoms with Crippen LogP contribution in [0.3, 0.4) is 0 Å². The molecule has 7 heteroatoms. The van der Waals surface area contributed by atoms with Crippen molar-refractivity contribution in [3.8, 4) is 5.75 Å². The number of ether oxygens (including phenoxy) is 1. The summed E-state index contributed by atoms with van der Waals surface area (Å²) >= 11 is 13.2. The predicted octanol–water partition coefficient (Wildman–Crippen LogP) is 4.67. The van der Waals surface area contributed by atoms with Gasteiger partial charge in [0.25, 0.3) is 5.91 Å². The van der Waals surface area contributed by atoms with Crippen LogP contribution in [0.2, 0.25) is 8.67 Å². The number of nitrogens with two attached hydrogens (primary N) is 1. The molecule has 1 aliphatic rings. The van der Waals surface area contributed by atoms with Gasteiger partial charge in [0.15, 0.2) is 0 Å². The van der Waals surface area contributed by atoms with Crippen LogP contribution in [0.5, 0.6) is 5.75 Å². The summed E-state index contributed by atoms with van der Waals surface area (Å²) in [6, 6.07) is 6.82. The maximum absolute atomic E-state index is 12.5. The number of halogens is 2. The third-order valence-corrected chi connectivity index (χ3v) is 5.19. The number of hydrogen-bond acceptors (Lipinski definition) is 4. The Kier molecular flexibility index (Phi) is 4.21. The highest BCUT2D eigenvalue weighted by Gasteiger charge is 2.35. The third kappa shape index (κ3) is 3.42. The standard InChI is InChI=1S/C16H16Cl2N2O2S/c1-16(2)7-11(9-5-8(19)3-4-12(9)22-16)20-15(21)10-6-13(17)23-14(10)18/h3-6,11H,7,19H2,1-2H3,(H,20,21). The third-order valence-electron chi connectivity index (χ3n) is 3.70. The topological polar surface area (TPSA) is 64.4 Å². The second-order valence-electron chi connectivity index (χ2n) is 6.13. The maximum atomic E-state index is 12.5. The van der Waals surface area contributed by atoms with E-state index in [0.717, 1.165) is 11.3 Å². The molecule has 0 saturated carbocycles. The van der Waals surface area contributed by atoms with Crippen molar-refractivity contribution in [3.05, 3.63) is 44.1 Å². The first kappa shape index (κ1) is 16.4. The van der Waals surface area contributed by atoms with Crippen molar-refractivity contribution < 1.29 is 9.53 Å². The van der Waals surface area contributed by atoms with Crippen LogP contribution in [0.25, 0.3) is 0 Å². The van der Waals surface area contributed by atoms with E-state index < -0.39 is 5.60 Å². The molecule has 23 heavy (non-hydrogen) atoms. The van der Waals surface area contributed by atoms with Crippen LogP contribution in [0.15, 0.2) is 24.3 Å². The fraction of sp³-hybridized carbons (Fsp3) is 0.312. The van der Waals surface area contributed by atoms with E-state index in [-0.39, 0.29) is 11.9 Å². The van der Waals surface area contributed by atoms with Crippen molar-refractivity contribution >= 4 is 46.1 Å². The normalized spacial score (nSPS) is 18.9. The van der Waals surface area contributed by atoms with Crippen molar-refractivity contribution in [2.75, 3.05) is 5.73 Å². The van der Waals surface area contributed by atoms with E-state index in [1.807, 2.05) is 26.0 Å². The van der Waals surface area contributed by atoms with E-state index in [0.29, 0.717) is 26.3 Å². The molecule has 1 aromatic carbocycles. The molecule has 1 unspecified atom stereocenters. The Bertz CT molecular complexity index is 773. The first-order valence-electron chi connectivity index (χ1n) is 7.09. The number of nitrogen functional groups attached to an aromatic ring is 1. The molecule has 122 valence electrons.